The molecule has 4 aromatic carbocycles. The summed E-state index contributed by atoms with van der Waals surface area (Å²) < 4.78 is 36.3. The molecule has 0 bridgehead atoms. The van der Waals surface area contributed by atoms with Crippen molar-refractivity contribution in [1.82, 2.24) is 19.6 Å². The summed E-state index contributed by atoms with van der Waals surface area (Å²) in [5.74, 6) is 6.62. The largest absolute Gasteiger partial charge is 0.453 e. The molecule has 18 nitrogen and oxygen atoms in total. The van der Waals surface area contributed by atoms with Crippen LogP contribution >= 0.6 is 15.9 Å². The summed E-state index contributed by atoms with van der Waals surface area (Å²) in [7, 11) is 7.59. The number of carbonyl (C=O) groups is 4. The van der Waals surface area contributed by atoms with E-state index in [1.165, 1.54) is 61.8 Å². The summed E-state index contributed by atoms with van der Waals surface area (Å²) in [5, 5.41) is 11.5. The minimum atomic E-state index is -0.750. The molecule has 4 fully saturated rings. The number of nitrogens with zero attached hydrogens (tertiary/aromatic N) is 7. The van der Waals surface area contributed by atoms with Crippen LogP contribution in [0.5, 0.6) is 0 Å². The van der Waals surface area contributed by atoms with E-state index in [9.17, 15) is 19.2 Å². The molecule has 73 heavy (non-hydrogen) atoms. The van der Waals surface area contributed by atoms with Gasteiger partial charge in [-0.25, -0.2) is 25.0 Å². The molecule has 0 saturated carbocycles. The molecule has 8 atom stereocenters. The van der Waals surface area contributed by atoms with Crippen molar-refractivity contribution in [3.05, 3.63) is 129 Å². The molecule has 4 heterocycles. The van der Waals surface area contributed by atoms with Gasteiger partial charge in [-0.2, -0.15) is 18.6 Å². The molecule has 4 aliphatic carbocycles. The first-order valence-electron chi connectivity index (χ1n) is 24.6. The van der Waals surface area contributed by atoms with Gasteiger partial charge in [0.05, 0.1) is 56.2 Å². The molecular formula is C53H61BrN8O10S. The Kier molecular flexibility index (Phi) is 15.0. The Hall–Kier alpha value is -6.38. The van der Waals surface area contributed by atoms with Crippen LogP contribution in [0.3, 0.4) is 0 Å². The summed E-state index contributed by atoms with van der Waals surface area (Å²) in [6.07, 6.45) is 5.86. The molecule has 12 rings (SSSR count). The topological polar surface area (TPSA) is 206 Å². The number of anilines is 1. The van der Waals surface area contributed by atoms with Crippen molar-refractivity contribution in [2.75, 3.05) is 66.7 Å². The van der Waals surface area contributed by atoms with Crippen LogP contribution in [0.4, 0.5) is 30.6 Å². The van der Waals surface area contributed by atoms with E-state index in [-0.39, 0.29) is 52.9 Å². The zero-order valence-corrected chi connectivity index (χ0v) is 44.0. The van der Waals surface area contributed by atoms with Crippen molar-refractivity contribution in [3.8, 4) is 0 Å². The van der Waals surface area contributed by atoms with Crippen molar-refractivity contribution < 1.29 is 46.5 Å². The van der Waals surface area contributed by atoms with Crippen LogP contribution in [0.25, 0.3) is 0 Å². The summed E-state index contributed by atoms with van der Waals surface area (Å²) in [4.78, 5) is 55.6. The maximum absolute atomic E-state index is 12.5. The molecule has 0 spiro atoms. The van der Waals surface area contributed by atoms with Gasteiger partial charge in [-0.1, -0.05) is 88.7 Å². The van der Waals surface area contributed by atoms with Crippen molar-refractivity contribution in [2.24, 2.45) is 16.1 Å². The molecular weight excluding hydrogens is 1020 g/mol. The number of nitrogens with two attached hydrogens (primary N) is 1. The number of halogens is 1. The number of ether oxygens (including phenoxy) is 4. The smallest absolute Gasteiger partial charge is 0.409 e. The lowest BCUT2D eigenvalue weighted by Crippen LogP contribution is -2.42. The summed E-state index contributed by atoms with van der Waals surface area (Å²) >= 11 is 3.11. The van der Waals surface area contributed by atoms with Gasteiger partial charge in [-0.15, -0.1) is 0 Å². The Bertz CT molecular complexity index is 2850. The second-order valence-electron chi connectivity index (χ2n) is 19.6. The third-order valence-corrected chi connectivity index (χ3v) is 17.9. The van der Waals surface area contributed by atoms with Gasteiger partial charge in [-0.05, 0) is 108 Å². The van der Waals surface area contributed by atoms with E-state index >= 15 is 0 Å². The fraction of sp³-hybridized carbons (Fsp3) is 0.472. The number of alkyl halides is 1. The van der Waals surface area contributed by atoms with Gasteiger partial charge in [0.25, 0.3) is 0 Å². The number of likely N-dealkylation sites (tertiary alicyclic amines) is 4. The summed E-state index contributed by atoms with van der Waals surface area (Å²) in [6, 6.07) is 29.5. The second-order valence-corrected chi connectivity index (χ2v) is 21.1. The van der Waals surface area contributed by atoms with Crippen LogP contribution < -0.4 is 10.9 Å². The lowest BCUT2D eigenvalue weighted by Gasteiger charge is -2.28. The monoisotopic (exact) mass is 1080 g/mol. The maximum atomic E-state index is 12.5. The molecule has 0 aromatic heterocycles. The van der Waals surface area contributed by atoms with E-state index < -0.39 is 17.1 Å². The number of carbonyl (C=O) groups excluding carboxylic acids is 4. The Labute approximate surface area is 436 Å². The minimum absolute atomic E-state index is 0.0716. The highest BCUT2D eigenvalue weighted by atomic mass is 79.9. The number of hydrogen-bond donors (Lipinski definition) is 1. The number of hydrazine groups is 1. The van der Waals surface area contributed by atoms with Gasteiger partial charge < -0.3 is 43.6 Å². The van der Waals surface area contributed by atoms with E-state index in [0.717, 1.165) is 87.1 Å². The number of fused-ring (bicyclic) bond motifs is 12. The third kappa shape index (κ3) is 9.02. The molecule has 4 amide bonds. The zero-order valence-electron chi connectivity index (χ0n) is 41.6. The predicted molar refractivity (Wildman–Crippen MR) is 274 cm³/mol. The average molecular weight is 1080 g/mol. The number of rotatable bonds is 3. The molecule has 386 valence electrons. The normalized spacial score (nSPS) is 26.7. The molecule has 20 heteroatoms. The zero-order chi connectivity index (χ0) is 51.8. The summed E-state index contributed by atoms with van der Waals surface area (Å²) in [6.45, 7) is 2.86. The van der Waals surface area contributed by atoms with Crippen LogP contribution in [0.1, 0.15) is 82.0 Å². The first kappa shape index (κ1) is 51.5. The predicted octanol–water partition coefficient (Wildman–Crippen LogP) is 8.02. The van der Waals surface area contributed by atoms with Crippen molar-refractivity contribution >= 4 is 63.2 Å². The average Bonchev–Trinajstić information content (AvgIpc) is 4.29. The Morgan fingerprint density at radius 1 is 0.616 bits per heavy atom. The lowest BCUT2D eigenvalue weighted by atomic mass is 9.89. The molecule has 8 aliphatic rings. The Morgan fingerprint density at radius 2 is 1.10 bits per heavy atom. The molecule has 4 saturated heterocycles. The van der Waals surface area contributed by atoms with Gasteiger partial charge in [0.15, 0.2) is 0 Å². The highest BCUT2D eigenvalue weighted by Crippen LogP contribution is 2.54. The molecule has 2 N–H and O–H groups in total. The number of hydrogen-bond acceptors (Lipinski definition) is 14. The van der Waals surface area contributed by atoms with Crippen LogP contribution in [0, 0.1) is 0 Å². The second kappa shape index (κ2) is 21.2. The number of amides is 4. The number of azo groups is 1. The fourth-order valence-corrected chi connectivity index (χ4v) is 14.3. The molecule has 4 aliphatic heterocycles. The maximum Gasteiger partial charge on any atom is 0.409 e. The summed E-state index contributed by atoms with van der Waals surface area (Å²) in [5.41, 5.74) is 11.4. The minimum Gasteiger partial charge on any atom is -0.453 e. The van der Waals surface area contributed by atoms with E-state index in [0.29, 0.717) is 24.8 Å². The molecule has 4 aromatic rings. The third-order valence-electron chi connectivity index (χ3n) is 16.5. The Balaban J connectivity index is 0.000000142. The van der Waals surface area contributed by atoms with E-state index in [1.807, 2.05) is 58.1 Å². The standard InChI is InChI=1S/C26H28N4O4.C14H19N3O2.C13H14BrNO2.O2S/c1-33-24(31)29-12-10-18-17-7-5-9-21(19(17)15-22(18)29)27-28-26-11-13-30(25(32)34-2)23(26)14-16-6-3-4-8-20(16)26;1-16(15)12-5-3-4-9-10-6-7-17(14(18)19-2)13(10)8-11(9)12;1-17-12(16)15-7-6-13(14)10-5-3-2-4-9(10)8-11(13)15;1-3-2/h3-9,18,22-23H,10-15H2,1-2H3;3-5,10,13H,6-8,15H2,1-2H3;2-5,11H,6-8H2,1H3;/t18-,22?,23?,26+;10-,13?;11?,13-;/m110./s1. The highest BCUT2D eigenvalue weighted by Gasteiger charge is 2.57. The fourth-order valence-electron chi connectivity index (χ4n) is 13.3. The van der Waals surface area contributed by atoms with Gasteiger partial charge in [-0.3, -0.25) is 0 Å². The van der Waals surface area contributed by atoms with Crippen molar-refractivity contribution in [3.63, 3.8) is 0 Å². The van der Waals surface area contributed by atoms with Gasteiger partial charge in [0.1, 0.15) is 5.54 Å². The van der Waals surface area contributed by atoms with Crippen LogP contribution in [-0.4, -0.2) is 138 Å². The van der Waals surface area contributed by atoms with Crippen LogP contribution in [-0.2, 0) is 66.1 Å². The molecule has 0 radical (unpaired) electrons. The lowest BCUT2D eigenvalue weighted by molar-refractivity contribution is 0.113. The van der Waals surface area contributed by atoms with Crippen LogP contribution in [0.15, 0.2) is 95.2 Å². The number of benzene rings is 4. The van der Waals surface area contributed by atoms with Gasteiger partial charge in [0, 0.05) is 57.1 Å². The quantitative estimate of drug-likeness (QED) is 0.0681. The van der Waals surface area contributed by atoms with Gasteiger partial charge in [0.2, 0.25) is 0 Å². The van der Waals surface area contributed by atoms with E-state index in [2.05, 4.69) is 64.5 Å². The Morgan fingerprint density at radius 3 is 1.68 bits per heavy atom. The van der Waals surface area contributed by atoms with E-state index in [1.54, 1.807) is 9.91 Å². The number of methoxy groups -OCH3 is 4. The highest BCUT2D eigenvalue weighted by molar-refractivity contribution is 9.09. The van der Waals surface area contributed by atoms with E-state index in [4.69, 9.17) is 43.4 Å². The molecule has 4 unspecified atom stereocenters. The SMILES string of the molecule is COC(=O)N1CC[C@@H]2c3cccc(N(C)N)c3CC21.COC(=O)N1CC[C@@H]2c3cccc(N=N[C@]45CCN(C(=O)OC)C4Cc4ccccc45)c3CC21.COC(=O)N1CC[C@]2(Br)c3ccccc3CC12.O=S=O. The van der Waals surface area contributed by atoms with Crippen LogP contribution in [0.2, 0.25) is 0 Å². The van der Waals surface area contributed by atoms with Crippen molar-refractivity contribution in [1.29, 1.82) is 0 Å². The van der Waals surface area contributed by atoms with Crippen molar-refractivity contribution in [2.45, 2.75) is 97.2 Å². The first-order valence-corrected chi connectivity index (χ1v) is 26.1. The first-order chi connectivity index (χ1) is 35.3. The van der Waals surface area contributed by atoms with Gasteiger partial charge >= 0.3 is 35.9 Å².